The molecular formula is C15H10O2. The maximum Gasteiger partial charge on any atom is 0.229 e. The van der Waals surface area contributed by atoms with Gasteiger partial charge < -0.3 is 4.42 Å². The second kappa shape index (κ2) is 3.32. The quantitative estimate of drug-likeness (QED) is 0.630. The van der Waals surface area contributed by atoms with Crippen molar-refractivity contribution in [3.8, 4) is 0 Å². The number of benzene rings is 1. The minimum absolute atomic E-state index is 0.0869. The van der Waals surface area contributed by atoms with E-state index in [-0.39, 0.29) is 5.78 Å². The van der Waals surface area contributed by atoms with E-state index in [4.69, 9.17) is 4.42 Å². The lowest BCUT2D eigenvalue weighted by atomic mass is 9.86. The number of carbonyl (C=O) groups excluding carboxylic acids is 1. The normalized spacial score (nSPS) is 13.2. The van der Waals surface area contributed by atoms with Crippen LogP contribution in [0.4, 0.5) is 0 Å². The van der Waals surface area contributed by atoms with Gasteiger partial charge in [-0.2, -0.15) is 0 Å². The van der Waals surface area contributed by atoms with Crippen molar-refractivity contribution in [3.63, 3.8) is 0 Å². The molecule has 1 aromatic heterocycles. The van der Waals surface area contributed by atoms with Gasteiger partial charge in [-0.25, -0.2) is 0 Å². The summed E-state index contributed by atoms with van der Waals surface area (Å²) in [6.07, 6.45) is 1.59. The number of ketones is 1. The molecule has 0 aliphatic heterocycles. The van der Waals surface area contributed by atoms with E-state index in [1.807, 2.05) is 18.2 Å². The highest BCUT2D eigenvalue weighted by atomic mass is 16.3. The molecule has 0 unspecified atom stereocenters. The van der Waals surface area contributed by atoms with Gasteiger partial charge in [-0.15, -0.1) is 0 Å². The van der Waals surface area contributed by atoms with Gasteiger partial charge in [0, 0.05) is 11.1 Å². The summed E-state index contributed by atoms with van der Waals surface area (Å²) in [5, 5.41) is 0. The Kier molecular flexibility index (Phi) is 1.92. The Labute approximate surface area is 98.9 Å². The van der Waals surface area contributed by atoms with Crippen LogP contribution in [-0.2, 0) is 0 Å². The van der Waals surface area contributed by atoms with E-state index >= 15 is 0 Å². The van der Waals surface area contributed by atoms with Crippen LogP contribution < -0.4 is 0 Å². The zero-order chi connectivity index (χ0) is 12.0. The Bertz CT molecular complexity index is 607. The topological polar surface area (TPSA) is 30.2 Å². The van der Waals surface area contributed by atoms with Crippen LogP contribution >= 0.6 is 0 Å². The van der Waals surface area contributed by atoms with Crippen molar-refractivity contribution in [3.05, 3.63) is 71.7 Å². The zero-order valence-electron chi connectivity index (χ0n) is 9.19. The number of fused-ring (bicyclic) bond motifs is 2. The molecule has 0 amide bonds. The van der Waals surface area contributed by atoms with Crippen molar-refractivity contribution in [2.24, 2.45) is 0 Å². The summed E-state index contributed by atoms with van der Waals surface area (Å²) in [6.45, 7) is 7.67. The van der Waals surface area contributed by atoms with Gasteiger partial charge in [0.05, 0.1) is 0 Å². The van der Waals surface area contributed by atoms with Crippen molar-refractivity contribution in [2.45, 2.75) is 0 Å². The molecule has 17 heavy (non-hydrogen) atoms. The van der Waals surface area contributed by atoms with Gasteiger partial charge in [0.1, 0.15) is 5.76 Å². The summed E-state index contributed by atoms with van der Waals surface area (Å²) in [4.78, 5) is 12.2. The fourth-order valence-electron chi connectivity index (χ4n) is 2.12. The van der Waals surface area contributed by atoms with Crippen LogP contribution in [0, 0.1) is 0 Å². The predicted octanol–water partition coefficient (Wildman–Crippen LogP) is 3.53. The second-order valence-corrected chi connectivity index (χ2v) is 3.95. The molecule has 0 fully saturated rings. The summed E-state index contributed by atoms with van der Waals surface area (Å²) in [5.74, 6) is 0.872. The van der Waals surface area contributed by atoms with Crippen molar-refractivity contribution in [1.82, 2.24) is 0 Å². The number of hydrogen-bond acceptors (Lipinski definition) is 2. The Morgan fingerprint density at radius 3 is 2.53 bits per heavy atom. The third kappa shape index (κ3) is 1.24. The lowest BCUT2D eigenvalue weighted by Gasteiger charge is -2.15. The molecule has 1 aromatic carbocycles. The Hall–Kier alpha value is -2.35. The van der Waals surface area contributed by atoms with Gasteiger partial charge in [0.2, 0.25) is 5.78 Å². The first-order chi connectivity index (χ1) is 8.22. The molecule has 2 nitrogen and oxygen atoms in total. The van der Waals surface area contributed by atoms with Gasteiger partial charge in [0.15, 0.2) is 5.76 Å². The lowest BCUT2D eigenvalue weighted by molar-refractivity contribution is 0.101. The minimum atomic E-state index is -0.0869. The van der Waals surface area contributed by atoms with Crippen LogP contribution in [0.25, 0.3) is 11.6 Å². The largest absolute Gasteiger partial charge is 0.453 e. The van der Waals surface area contributed by atoms with Crippen molar-refractivity contribution >= 4 is 17.4 Å². The number of carbonyl (C=O) groups is 1. The van der Waals surface area contributed by atoms with Gasteiger partial charge in [0.25, 0.3) is 0 Å². The molecule has 0 N–H and O–H groups in total. The highest BCUT2D eigenvalue weighted by molar-refractivity contribution is 6.17. The fraction of sp³-hybridized carbons (Fsp3) is 0. The summed E-state index contributed by atoms with van der Waals surface area (Å²) < 4.78 is 5.47. The highest BCUT2D eigenvalue weighted by Crippen LogP contribution is 2.36. The Morgan fingerprint density at radius 2 is 1.82 bits per heavy atom. The molecule has 0 saturated carbocycles. The highest BCUT2D eigenvalue weighted by Gasteiger charge is 2.29. The SMILES string of the molecule is C=Cc1cc2c(o1)C(=O)c1ccccc1C2=C. The van der Waals surface area contributed by atoms with E-state index < -0.39 is 0 Å². The van der Waals surface area contributed by atoms with Gasteiger partial charge in [-0.1, -0.05) is 37.4 Å². The molecule has 0 bridgehead atoms. The van der Waals surface area contributed by atoms with E-state index in [1.54, 1.807) is 18.2 Å². The third-order valence-electron chi connectivity index (χ3n) is 2.98. The molecule has 1 aliphatic rings. The van der Waals surface area contributed by atoms with Crippen LogP contribution in [-0.4, -0.2) is 5.78 Å². The maximum atomic E-state index is 12.2. The summed E-state index contributed by atoms with van der Waals surface area (Å²) in [7, 11) is 0. The van der Waals surface area contributed by atoms with E-state index in [9.17, 15) is 4.79 Å². The van der Waals surface area contributed by atoms with Crippen LogP contribution in [0.5, 0.6) is 0 Å². The van der Waals surface area contributed by atoms with Gasteiger partial charge >= 0.3 is 0 Å². The summed E-state index contributed by atoms with van der Waals surface area (Å²) >= 11 is 0. The van der Waals surface area contributed by atoms with Crippen LogP contribution in [0.2, 0.25) is 0 Å². The Balaban J connectivity index is 2.31. The molecule has 2 aromatic rings. The summed E-state index contributed by atoms with van der Waals surface area (Å²) in [5.41, 5.74) is 3.12. The van der Waals surface area contributed by atoms with Crippen LogP contribution in [0.1, 0.15) is 33.0 Å². The number of furan rings is 1. The molecule has 0 radical (unpaired) electrons. The first kappa shape index (κ1) is 9.85. The maximum absolute atomic E-state index is 12.2. The van der Waals surface area contributed by atoms with E-state index in [0.29, 0.717) is 17.1 Å². The molecule has 2 heteroatoms. The predicted molar refractivity (Wildman–Crippen MR) is 66.8 cm³/mol. The van der Waals surface area contributed by atoms with Crippen molar-refractivity contribution < 1.29 is 9.21 Å². The van der Waals surface area contributed by atoms with E-state index in [0.717, 1.165) is 16.7 Å². The smallest absolute Gasteiger partial charge is 0.229 e. The molecule has 0 atom stereocenters. The molecular weight excluding hydrogens is 212 g/mol. The average Bonchev–Trinajstić information content (AvgIpc) is 2.80. The molecule has 0 spiro atoms. The minimum Gasteiger partial charge on any atom is -0.453 e. The molecule has 82 valence electrons. The van der Waals surface area contributed by atoms with E-state index in [1.165, 1.54) is 0 Å². The monoisotopic (exact) mass is 222 g/mol. The van der Waals surface area contributed by atoms with Crippen LogP contribution in [0.15, 0.2) is 47.9 Å². The Morgan fingerprint density at radius 1 is 1.12 bits per heavy atom. The van der Waals surface area contributed by atoms with Crippen LogP contribution in [0.3, 0.4) is 0 Å². The molecule has 3 rings (SSSR count). The zero-order valence-corrected chi connectivity index (χ0v) is 9.19. The second-order valence-electron chi connectivity index (χ2n) is 3.95. The standard InChI is InChI=1S/C15H10O2/c1-3-10-8-13-9(2)11-6-4-5-7-12(11)14(16)15(13)17-10/h3-8H,1-2H2. The first-order valence-electron chi connectivity index (χ1n) is 5.32. The van der Waals surface area contributed by atoms with Crippen molar-refractivity contribution in [1.29, 1.82) is 0 Å². The van der Waals surface area contributed by atoms with E-state index in [2.05, 4.69) is 13.2 Å². The van der Waals surface area contributed by atoms with Gasteiger partial charge in [-0.05, 0) is 23.3 Å². The molecule has 1 heterocycles. The number of hydrogen-bond donors (Lipinski definition) is 0. The summed E-state index contributed by atoms with van der Waals surface area (Å²) in [6, 6.07) is 9.24. The number of rotatable bonds is 1. The molecule has 0 saturated heterocycles. The lowest BCUT2D eigenvalue weighted by Crippen LogP contribution is -2.11. The molecule has 1 aliphatic carbocycles. The third-order valence-corrected chi connectivity index (χ3v) is 2.98. The first-order valence-corrected chi connectivity index (χ1v) is 5.32. The fourth-order valence-corrected chi connectivity index (χ4v) is 2.12. The average molecular weight is 222 g/mol. The van der Waals surface area contributed by atoms with Crippen molar-refractivity contribution in [2.75, 3.05) is 0 Å². The van der Waals surface area contributed by atoms with Gasteiger partial charge in [-0.3, -0.25) is 4.79 Å².